The van der Waals surface area contributed by atoms with Crippen molar-refractivity contribution >= 4 is 29.6 Å². The number of phenolic OH excluding ortho intramolecular Hbond substituents is 1. The second kappa shape index (κ2) is 10.5. The third-order valence-corrected chi connectivity index (χ3v) is 4.32. The van der Waals surface area contributed by atoms with E-state index in [9.17, 15) is 14.7 Å². The van der Waals surface area contributed by atoms with Crippen molar-refractivity contribution in [3.05, 3.63) is 58.6 Å². The first-order valence-electron chi connectivity index (χ1n) is 9.07. The summed E-state index contributed by atoms with van der Waals surface area (Å²) in [5, 5.41) is 17.2. The van der Waals surface area contributed by atoms with Gasteiger partial charge in [0.15, 0.2) is 11.5 Å². The molecule has 0 saturated heterocycles. The van der Waals surface area contributed by atoms with Crippen LogP contribution in [0.4, 0.5) is 0 Å². The Hall–Kier alpha value is -3.06. The van der Waals surface area contributed by atoms with E-state index in [1.807, 2.05) is 13.8 Å². The number of nitrogens with zero attached hydrogens (tertiary/aromatic N) is 1. The number of para-hydroxylation sites is 1. The fourth-order valence-electron chi connectivity index (χ4n) is 2.60. The molecule has 2 amide bonds. The Kier molecular flexibility index (Phi) is 8.03. The number of hydrogen-bond acceptors (Lipinski definition) is 5. The second-order valence-electron chi connectivity index (χ2n) is 6.79. The molecule has 1 unspecified atom stereocenters. The van der Waals surface area contributed by atoms with Crippen LogP contribution in [0, 0.1) is 5.92 Å². The van der Waals surface area contributed by atoms with Crippen molar-refractivity contribution in [2.45, 2.75) is 26.3 Å². The van der Waals surface area contributed by atoms with Gasteiger partial charge in [-0.3, -0.25) is 9.59 Å². The van der Waals surface area contributed by atoms with E-state index in [0.717, 1.165) is 0 Å². The van der Waals surface area contributed by atoms with Crippen molar-refractivity contribution in [2.24, 2.45) is 11.0 Å². The van der Waals surface area contributed by atoms with Gasteiger partial charge in [0.05, 0.1) is 13.3 Å². The standard InChI is InChI=1S/C21H24ClN3O4/c1-13(2)11-17(24-20(27)14-7-9-16(22)10-8-14)21(28)25-23-12-15-5-4-6-18(29-3)19(15)26/h4-10,12-13,17,26H,11H2,1-3H3,(H,24,27)(H,25,28). The molecule has 0 saturated carbocycles. The first-order valence-corrected chi connectivity index (χ1v) is 9.45. The molecule has 0 radical (unpaired) electrons. The molecule has 0 aliphatic rings. The van der Waals surface area contributed by atoms with Gasteiger partial charge in [-0.1, -0.05) is 31.5 Å². The van der Waals surface area contributed by atoms with Crippen molar-refractivity contribution in [2.75, 3.05) is 7.11 Å². The first kappa shape index (κ1) is 22.2. The van der Waals surface area contributed by atoms with Crippen LogP contribution >= 0.6 is 11.6 Å². The number of ether oxygens (including phenoxy) is 1. The van der Waals surface area contributed by atoms with Crippen molar-refractivity contribution in [3.63, 3.8) is 0 Å². The number of nitrogens with one attached hydrogen (secondary N) is 2. The summed E-state index contributed by atoms with van der Waals surface area (Å²) in [6.07, 6.45) is 1.74. The molecule has 0 heterocycles. The molecule has 0 aromatic heterocycles. The molecule has 2 aromatic rings. The quantitative estimate of drug-likeness (QED) is 0.453. The molecule has 0 bridgehead atoms. The average Bonchev–Trinajstić information content (AvgIpc) is 2.68. The van der Waals surface area contributed by atoms with Gasteiger partial charge < -0.3 is 15.2 Å². The van der Waals surface area contributed by atoms with E-state index in [1.54, 1.807) is 42.5 Å². The summed E-state index contributed by atoms with van der Waals surface area (Å²) >= 11 is 5.84. The molecule has 0 aliphatic carbocycles. The highest BCUT2D eigenvalue weighted by molar-refractivity contribution is 6.30. The van der Waals surface area contributed by atoms with Gasteiger partial charge in [0, 0.05) is 16.1 Å². The molecule has 29 heavy (non-hydrogen) atoms. The van der Waals surface area contributed by atoms with Gasteiger partial charge in [0.1, 0.15) is 6.04 Å². The highest BCUT2D eigenvalue weighted by Gasteiger charge is 2.22. The topological polar surface area (TPSA) is 100 Å². The number of rotatable bonds is 8. The zero-order valence-corrected chi connectivity index (χ0v) is 17.2. The molecular formula is C21H24ClN3O4. The number of benzene rings is 2. The van der Waals surface area contributed by atoms with Gasteiger partial charge in [-0.25, -0.2) is 5.43 Å². The van der Waals surface area contributed by atoms with Crippen molar-refractivity contribution in [1.29, 1.82) is 0 Å². The normalized spacial score (nSPS) is 12.0. The molecule has 3 N–H and O–H groups in total. The Labute approximate surface area is 174 Å². The van der Waals surface area contributed by atoms with E-state index in [-0.39, 0.29) is 17.6 Å². The number of hydrogen-bond donors (Lipinski definition) is 3. The minimum absolute atomic E-state index is 0.0808. The molecule has 8 heteroatoms. The molecule has 0 aliphatic heterocycles. The van der Waals surface area contributed by atoms with E-state index in [2.05, 4.69) is 15.8 Å². The minimum Gasteiger partial charge on any atom is -0.504 e. The predicted octanol–water partition coefficient (Wildman–Crippen LogP) is 3.35. The summed E-state index contributed by atoms with van der Waals surface area (Å²) in [7, 11) is 1.44. The SMILES string of the molecule is COc1cccc(C=NNC(=O)C(CC(C)C)NC(=O)c2ccc(Cl)cc2)c1O. The highest BCUT2D eigenvalue weighted by atomic mass is 35.5. The lowest BCUT2D eigenvalue weighted by Crippen LogP contribution is -2.46. The maximum atomic E-state index is 12.6. The molecule has 1 atom stereocenters. The summed E-state index contributed by atoms with van der Waals surface area (Å²) in [6, 6.07) is 10.6. The zero-order valence-electron chi connectivity index (χ0n) is 16.5. The van der Waals surface area contributed by atoms with Gasteiger partial charge in [-0.15, -0.1) is 0 Å². The van der Waals surface area contributed by atoms with Crippen LogP contribution in [-0.2, 0) is 4.79 Å². The molecule has 7 nitrogen and oxygen atoms in total. The number of amides is 2. The Balaban J connectivity index is 2.06. The van der Waals surface area contributed by atoms with Gasteiger partial charge in [-0.2, -0.15) is 5.10 Å². The minimum atomic E-state index is -0.769. The first-order chi connectivity index (χ1) is 13.8. The number of carbonyl (C=O) groups is 2. The molecule has 2 rings (SSSR count). The third-order valence-electron chi connectivity index (χ3n) is 4.06. The predicted molar refractivity (Wildman–Crippen MR) is 113 cm³/mol. The number of carbonyl (C=O) groups excluding carboxylic acids is 2. The maximum absolute atomic E-state index is 12.6. The summed E-state index contributed by atoms with van der Waals surface area (Å²) < 4.78 is 5.03. The van der Waals surface area contributed by atoms with E-state index in [1.165, 1.54) is 13.3 Å². The van der Waals surface area contributed by atoms with Crippen LogP contribution in [0.2, 0.25) is 5.02 Å². The third kappa shape index (κ3) is 6.50. The summed E-state index contributed by atoms with van der Waals surface area (Å²) in [5.74, 6) is -0.449. The summed E-state index contributed by atoms with van der Waals surface area (Å²) in [6.45, 7) is 3.90. The van der Waals surface area contributed by atoms with Crippen molar-refractivity contribution < 1.29 is 19.4 Å². The Morgan fingerprint density at radius 3 is 2.52 bits per heavy atom. The van der Waals surface area contributed by atoms with Crippen molar-refractivity contribution in [3.8, 4) is 11.5 Å². The number of methoxy groups -OCH3 is 1. The maximum Gasteiger partial charge on any atom is 0.262 e. The summed E-state index contributed by atoms with van der Waals surface area (Å²) in [4.78, 5) is 25.0. The van der Waals surface area contributed by atoms with Gasteiger partial charge >= 0.3 is 0 Å². The van der Waals surface area contributed by atoms with Gasteiger partial charge in [-0.05, 0) is 48.7 Å². The Morgan fingerprint density at radius 2 is 1.90 bits per heavy atom. The van der Waals surface area contributed by atoms with Gasteiger partial charge in [0.2, 0.25) is 0 Å². The molecular weight excluding hydrogens is 394 g/mol. The number of halogens is 1. The number of aromatic hydroxyl groups is 1. The van der Waals surface area contributed by atoms with Crippen LogP contribution in [0.25, 0.3) is 0 Å². The lowest BCUT2D eigenvalue weighted by atomic mass is 10.0. The second-order valence-corrected chi connectivity index (χ2v) is 7.23. The van der Waals surface area contributed by atoms with E-state index in [0.29, 0.717) is 28.3 Å². The van der Waals surface area contributed by atoms with Crippen LogP contribution in [0.5, 0.6) is 11.5 Å². The lowest BCUT2D eigenvalue weighted by molar-refractivity contribution is -0.123. The lowest BCUT2D eigenvalue weighted by Gasteiger charge is -2.19. The molecule has 2 aromatic carbocycles. The zero-order chi connectivity index (χ0) is 21.4. The summed E-state index contributed by atoms with van der Waals surface area (Å²) in [5.41, 5.74) is 3.20. The van der Waals surface area contributed by atoms with Crippen LogP contribution in [0.1, 0.15) is 36.2 Å². The molecule has 154 valence electrons. The fourth-order valence-corrected chi connectivity index (χ4v) is 2.72. The molecule has 0 spiro atoms. The van der Waals surface area contributed by atoms with E-state index >= 15 is 0 Å². The van der Waals surface area contributed by atoms with Crippen LogP contribution in [0.3, 0.4) is 0 Å². The average molecular weight is 418 g/mol. The number of hydrazone groups is 1. The van der Waals surface area contributed by atoms with Gasteiger partial charge in [0.25, 0.3) is 11.8 Å². The smallest absolute Gasteiger partial charge is 0.262 e. The highest BCUT2D eigenvalue weighted by Crippen LogP contribution is 2.27. The van der Waals surface area contributed by atoms with Crippen LogP contribution in [-0.4, -0.2) is 36.3 Å². The van der Waals surface area contributed by atoms with E-state index in [4.69, 9.17) is 16.3 Å². The van der Waals surface area contributed by atoms with E-state index < -0.39 is 11.9 Å². The fraction of sp³-hybridized carbons (Fsp3) is 0.286. The monoisotopic (exact) mass is 417 g/mol. The Bertz CT molecular complexity index is 882. The van der Waals surface area contributed by atoms with Crippen molar-refractivity contribution in [1.82, 2.24) is 10.7 Å². The van der Waals surface area contributed by atoms with Crippen LogP contribution < -0.4 is 15.5 Å². The molecule has 0 fully saturated rings. The largest absolute Gasteiger partial charge is 0.504 e. The van der Waals surface area contributed by atoms with Crippen LogP contribution in [0.15, 0.2) is 47.6 Å². The Morgan fingerprint density at radius 1 is 1.21 bits per heavy atom. The number of phenols is 1.